The summed E-state index contributed by atoms with van der Waals surface area (Å²) >= 11 is 0. The van der Waals surface area contributed by atoms with Gasteiger partial charge in [0.15, 0.2) is 6.10 Å². The molecule has 16 nitrogen and oxygen atoms in total. The van der Waals surface area contributed by atoms with Gasteiger partial charge in [-0.25, -0.2) is 9.13 Å². The number of rotatable bonds is 81. The van der Waals surface area contributed by atoms with Crippen LogP contribution in [0.5, 0.6) is 0 Å². The summed E-state index contributed by atoms with van der Waals surface area (Å²) in [5.41, 5.74) is 0. The normalized spacial score (nSPS) is 14.7. The minimum absolute atomic E-state index is 0.0550. The molecule has 0 aliphatic rings. The van der Waals surface area contributed by atoms with E-state index in [1.165, 1.54) is 128 Å². The molecule has 0 amide bonds. The van der Waals surface area contributed by atoms with Gasteiger partial charge < -0.3 is 34.2 Å². The molecule has 111 heavy (non-hydrogen) atoms. The molecule has 0 aliphatic carbocycles. The third-order valence-corrected chi connectivity index (χ3v) is 19.8. The van der Waals surface area contributed by atoms with E-state index in [0.717, 1.165) is 154 Å². The zero-order valence-corrected chi connectivity index (χ0v) is 71.4. The highest BCUT2D eigenvalue weighted by Gasteiger charge is 2.29. The lowest BCUT2D eigenvalue weighted by Crippen LogP contribution is -2.30. The predicted molar refractivity (Wildman–Crippen MR) is 463 cm³/mol. The first-order chi connectivity index (χ1) is 54.2. The average Bonchev–Trinajstić information content (AvgIpc) is 0.902. The number of aliphatic hydroxyl groups is 2. The lowest BCUT2D eigenvalue weighted by molar-refractivity contribution is -0.161. The van der Waals surface area contributed by atoms with Crippen LogP contribution >= 0.6 is 15.6 Å². The summed E-state index contributed by atoms with van der Waals surface area (Å²) < 4.78 is 61.3. The van der Waals surface area contributed by atoms with Gasteiger partial charge in [-0.1, -0.05) is 339 Å². The molecule has 5 atom stereocenters. The van der Waals surface area contributed by atoms with Crippen LogP contribution in [0.2, 0.25) is 0 Å². The SMILES string of the molecule is CC/C=C\C/C=C\C/C=C\C/C=C\C/C=C\CCCCCCCC(=O)OCC(COP(=O)(O)OCC(O)COP(=O)(O)OCC(O)COC(=O)CCCCCCCCCCCCCCCCCCCCC/C=C\C/C=C\C/C=C\C/C=C\CCCCC)OC(=O)CCCCC/C=C\C/C=C\C/C=C\C/C=C\C/C=C\CC. The molecule has 0 aromatic heterocycles. The number of hydrogen-bond acceptors (Lipinski definition) is 14. The van der Waals surface area contributed by atoms with Gasteiger partial charge >= 0.3 is 33.6 Å². The van der Waals surface area contributed by atoms with Crippen molar-refractivity contribution >= 4 is 33.6 Å². The van der Waals surface area contributed by atoms with Crippen molar-refractivity contribution in [2.45, 2.75) is 360 Å². The molecule has 634 valence electrons. The van der Waals surface area contributed by atoms with Gasteiger partial charge in [0.1, 0.15) is 25.4 Å². The molecule has 0 fully saturated rings. The van der Waals surface area contributed by atoms with Crippen LogP contribution in [0, 0.1) is 0 Å². The molecule has 0 bridgehead atoms. The molecule has 18 heteroatoms. The zero-order valence-electron chi connectivity index (χ0n) is 69.6. The molecule has 0 heterocycles. The Hall–Kier alpha value is -5.09. The number of phosphoric ester groups is 2. The summed E-state index contributed by atoms with van der Waals surface area (Å²) in [6.45, 7) is 2.38. The maximum Gasteiger partial charge on any atom is 0.472 e. The van der Waals surface area contributed by atoms with Crippen LogP contribution in [-0.4, -0.2) is 95.9 Å². The molecule has 5 unspecified atom stereocenters. The van der Waals surface area contributed by atoms with Crippen molar-refractivity contribution in [2.75, 3.05) is 39.6 Å². The Labute approximate surface area is 675 Å². The largest absolute Gasteiger partial charge is 0.472 e. The second-order valence-corrected chi connectivity index (χ2v) is 31.5. The topological polar surface area (TPSA) is 231 Å². The number of hydrogen-bond donors (Lipinski definition) is 4. The molecule has 4 N–H and O–H groups in total. The number of aliphatic hydroxyl groups excluding tert-OH is 2. The van der Waals surface area contributed by atoms with Crippen LogP contribution in [0.4, 0.5) is 0 Å². The van der Waals surface area contributed by atoms with Gasteiger partial charge in [-0.2, -0.15) is 0 Å². The number of allylic oxidation sites excluding steroid dienone is 28. The van der Waals surface area contributed by atoms with Crippen molar-refractivity contribution in [1.29, 1.82) is 0 Å². The first-order valence-corrected chi connectivity index (χ1v) is 46.4. The molecule has 0 radical (unpaired) electrons. The van der Waals surface area contributed by atoms with E-state index in [9.17, 15) is 43.5 Å². The highest BCUT2D eigenvalue weighted by molar-refractivity contribution is 7.47. The van der Waals surface area contributed by atoms with Gasteiger partial charge in [0.2, 0.25) is 0 Å². The maximum absolute atomic E-state index is 13.0. The van der Waals surface area contributed by atoms with Gasteiger partial charge in [0, 0.05) is 19.3 Å². The number of ether oxygens (including phenoxy) is 3. The smallest absolute Gasteiger partial charge is 0.463 e. The third-order valence-electron chi connectivity index (χ3n) is 17.9. The summed E-state index contributed by atoms with van der Waals surface area (Å²) in [6, 6.07) is 0. The molecule has 0 spiro atoms. The quantitative estimate of drug-likeness (QED) is 0.0146. The molecular formula is C93H156O16P2. The molecule has 0 aliphatic heterocycles. The fourth-order valence-corrected chi connectivity index (χ4v) is 13.0. The van der Waals surface area contributed by atoms with Gasteiger partial charge in [0.25, 0.3) is 0 Å². The number of carbonyl (C=O) groups is 3. The highest BCUT2D eigenvalue weighted by atomic mass is 31.2. The first-order valence-electron chi connectivity index (χ1n) is 43.4. The summed E-state index contributed by atoms with van der Waals surface area (Å²) in [5.74, 6) is -1.64. The van der Waals surface area contributed by atoms with E-state index < -0.39 is 91.5 Å². The van der Waals surface area contributed by atoms with Crippen LogP contribution < -0.4 is 0 Å². The Bertz CT molecular complexity index is 2700. The fraction of sp³-hybridized carbons (Fsp3) is 0.667. The molecule has 0 aromatic rings. The van der Waals surface area contributed by atoms with Crippen LogP contribution in [-0.2, 0) is 55.8 Å². The van der Waals surface area contributed by atoms with Crippen molar-refractivity contribution in [2.24, 2.45) is 0 Å². The Balaban J connectivity index is 4.52. The Morgan fingerprint density at radius 1 is 0.261 bits per heavy atom. The average molecular weight is 1590 g/mol. The van der Waals surface area contributed by atoms with Gasteiger partial charge in [-0.05, 0) is 154 Å². The standard InChI is InChI=1S/C93H156O16P2/c1-4-7-10-13-16-19-22-25-28-31-34-36-37-38-39-40-41-42-43-44-45-46-47-48-49-51-54-55-58-61-64-67-70-73-76-79-91(96)103-82-88(94)83-105-110(99,100)106-84-89(95)85-107-111(101,102)108-87-90(109-93(98)81-78-75-72-69-66-63-60-57-52-33-30-27-24-21-18-15-12-9-6-3)86-104-92(97)80-77-74-71-68-65-62-59-56-53-50-35-32-29-26-23-20-17-14-11-8-5-2/h8-9,11-12,16-21,25-30,34-36,38-39,50,52,56-57,59,63,66,88-90,94-95H,4-7,10,13-15,22-24,31-33,37,40-49,51,53-55,58,60-62,64-65,67-87H2,1-3H3,(H,99,100)(H,101,102)/b11-8-,12-9-,19-16-,20-17-,21-18-,28-25-,29-26-,30-27-,36-34-,39-38-,50-35-,57-52-,59-56-,66-63-. The van der Waals surface area contributed by atoms with E-state index in [0.29, 0.717) is 19.3 Å². The van der Waals surface area contributed by atoms with Crippen molar-refractivity contribution in [3.05, 3.63) is 170 Å². The van der Waals surface area contributed by atoms with Gasteiger partial charge in [-0.3, -0.25) is 32.5 Å². The van der Waals surface area contributed by atoms with E-state index in [-0.39, 0.29) is 19.3 Å². The van der Waals surface area contributed by atoms with Crippen molar-refractivity contribution in [3.8, 4) is 0 Å². The van der Waals surface area contributed by atoms with E-state index >= 15 is 0 Å². The Morgan fingerprint density at radius 3 is 0.766 bits per heavy atom. The number of carbonyl (C=O) groups excluding carboxylic acids is 3. The summed E-state index contributed by atoms with van der Waals surface area (Å²) in [5, 5.41) is 20.7. The number of phosphoric acid groups is 2. The van der Waals surface area contributed by atoms with Crippen LogP contribution in [0.15, 0.2) is 170 Å². The maximum atomic E-state index is 13.0. The Morgan fingerprint density at radius 2 is 0.477 bits per heavy atom. The summed E-state index contributed by atoms with van der Waals surface area (Å²) in [4.78, 5) is 58.8. The molecule has 0 saturated carbocycles. The highest BCUT2D eigenvalue weighted by Crippen LogP contribution is 2.45. The van der Waals surface area contributed by atoms with Crippen molar-refractivity contribution in [1.82, 2.24) is 0 Å². The van der Waals surface area contributed by atoms with Crippen molar-refractivity contribution in [3.63, 3.8) is 0 Å². The third kappa shape index (κ3) is 85.6. The van der Waals surface area contributed by atoms with Crippen LogP contribution in [0.25, 0.3) is 0 Å². The lowest BCUT2D eigenvalue weighted by atomic mass is 10.0. The lowest BCUT2D eigenvalue weighted by Gasteiger charge is -2.21. The zero-order chi connectivity index (χ0) is 80.8. The monoisotopic (exact) mass is 1590 g/mol. The second-order valence-electron chi connectivity index (χ2n) is 28.6. The Kier molecular flexibility index (Phi) is 80.4. The molecule has 0 rings (SSSR count). The minimum Gasteiger partial charge on any atom is -0.463 e. The number of unbranched alkanes of at least 4 members (excludes halogenated alkanes) is 30. The number of esters is 3. The summed E-state index contributed by atoms with van der Waals surface area (Å²) in [6.07, 6.45) is 108. The van der Waals surface area contributed by atoms with E-state index in [4.69, 9.17) is 32.3 Å². The summed E-state index contributed by atoms with van der Waals surface area (Å²) in [7, 11) is -9.82. The molecular weight excluding hydrogens is 1430 g/mol. The van der Waals surface area contributed by atoms with Crippen molar-refractivity contribution < 1.29 is 75.8 Å². The van der Waals surface area contributed by atoms with Crippen LogP contribution in [0.3, 0.4) is 0 Å². The van der Waals surface area contributed by atoms with Gasteiger partial charge in [0.05, 0.1) is 26.4 Å². The molecule has 0 aromatic carbocycles. The second kappa shape index (κ2) is 84.3. The van der Waals surface area contributed by atoms with E-state index in [1.807, 2.05) is 0 Å². The first kappa shape index (κ1) is 106. The van der Waals surface area contributed by atoms with E-state index in [2.05, 4.69) is 191 Å². The fourth-order valence-electron chi connectivity index (χ4n) is 11.4. The molecule has 0 saturated heterocycles. The van der Waals surface area contributed by atoms with Gasteiger partial charge in [-0.15, -0.1) is 0 Å². The predicted octanol–water partition coefficient (Wildman–Crippen LogP) is 26.3. The van der Waals surface area contributed by atoms with Crippen LogP contribution in [0.1, 0.15) is 342 Å². The van der Waals surface area contributed by atoms with E-state index in [1.54, 1.807) is 0 Å². The minimum atomic E-state index is -4.96.